The zero-order valence-electron chi connectivity index (χ0n) is 11.0. The molecular weight excluding hydrogens is 264 g/mol. The molecule has 1 heterocycles. The van der Waals surface area contributed by atoms with E-state index < -0.39 is 20.9 Å². The monoisotopic (exact) mass is 284 g/mol. The van der Waals surface area contributed by atoms with E-state index in [1.165, 1.54) is 0 Å². The maximum atomic E-state index is 11.3. The Morgan fingerprint density at radius 2 is 2.05 bits per heavy atom. The van der Waals surface area contributed by atoms with Crippen LogP contribution in [-0.2, 0) is 15.6 Å². The van der Waals surface area contributed by atoms with Crippen molar-refractivity contribution in [2.45, 2.75) is 24.2 Å². The summed E-state index contributed by atoms with van der Waals surface area (Å²) in [7, 11) is -3.48. The van der Waals surface area contributed by atoms with Gasteiger partial charge in [0.2, 0.25) is 10.0 Å². The van der Waals surface area contributed by atoms with E-state index in [4.69, 9.17) is 5.14 Å². The number of primary sulfonamides is 1. The highest BCUT2D eigenvalue weighted by atomic mass is 32.2. The van der Waals surface area contributed by atoms with Crippen LogP contribution in [0.25, 0.3) is 0 Å². The van der Waals surface area contributed by atoms with Gasteiger partial charge in [0.15, 0.2) is 0 Å². The van der Waals surface area contributed by atoms with Gasteiger partial charge in [-0.25, -0.2) is 13.6 Å². The lowest BCUT2D eigenvalue weighted by atomic mass is 9.95. The molecule has 19 heavy (non-hydrogen) atoms. The highest BCUT2D eigenvalue weighted by molar-refractivity contribution is 7.89. The SMILES string of the molecule is CC(O)(CN1CCC(S(N)(=O)=O)C1)c1ccccc1. The lowest BCUT2D eigenvalue weighted by Gasteiger charge is -2.29. The van der Waals surface area contributed by atoms with Crippen LogP contribution in [0.1, 0.15) is 18.9 Å². The van der Waals surface area contributed by atoms with E-state index in [2.05, 4.69) is 0 Å². The average Bonchev–Trinajstić information content (AvgIpc) is 2.78. The van der Waals surface area contributed by atoms with Crippen molar-refractivity contribution in [1.29, 1.82) is 0 Å². The van der Waals surface area contributed by atoms with Gasteiger partial charge in [-0.3, -0.25) is 4.90 Å². The molecule has 0 radical (unpaired) electrons. The lowest BCUT2D eigenvalue weighted by molar-refractivity contribution is 0.0228. The van der Waals surface area contributed by atoms with Crippen LogP contribution in [0.4, 0.5) is 0 Å². The molecule has 0 bridgehead atoms. The first kappa shape index (κ1) is 14.5. The molecule has 2 rings (SSSR count). The normalized spacial score (nSPS) is 24.3. The van der Waals surface area contributed by atoms with Crippen molar-refractivity contribution >= 4 is 10.0 Å². The first-order chi connectivity index (χ1) is 8.79. The molecule has 0 spiro atoms. The van der Waals surface area contributed by atoms with Gasteiger partial charge in [0.25, 0.3) is 0 Å². The van der Waals surface area contributed by atoms with Crippen molar-refractivity contribution < 1.29 is 13.5 Å². The van der Waals surface area contributed by atoms with Crippen LogP contribution in [0.3, 0.4) is 0 Å². The molecule has 0 saturated carbocycles. The van der Waals surface area contributed by atoms with E-state index in [1.807, 2.05) is 35.2 Å². The Morgan fingerprint density at radius 1 is 1.42 bits per heavy atom. The van der Waals surface area contributed by atoms with Crippen molar-refractivity contribution in [3.8, 4) is 0 Å². The second-order valence-corrected chi connectivity index (χ2v) is 7.22. The summed E-state index contributed by atoms with van der Waals surface area (Å²) in [5.41, 5.74) is -0.164. The number of β-amino-alcohol motifs (C(OH)–C–C–N with tert-alkyl or cyclic N) is 1. The first-order valence-corrected chi connectivity index (χ1v) is 7.92. The van der Waals surface area contributed by atoms with Gasteiger partial charge in [-0.15, -0.1) is 0 Å². The van der Waals surface area contributed by atoms with Crippen LogP contribution in [0.15, 0.2) is 30.3 Å². The summed E-state index contributed by atoms with van der Waals surface area (Å²) >= 11 is 0. The summed E-state index contributed by atoms with van der Waals surface area (Å²) in [6, 6.07) is 9.38. The Balaban J connectivity index is 2.03. The molecule has 1 fully saturated rings. The molecule has 0 aromatic heterocycles. The summed E-state index contributed by atoms with van der Waals surface area (Å²) in [5, 5.41) is 15.2. The van der Waals surface area contributed by atoms with Gasteiger partial charge < -0.3 is 5.11 Å². The smallest absolute Gasteiger partial charge is 0.213 e. The first-order valence-electron chi connectivity index (χ1n) is 6.31. The van der Waals surface area contributed by atoms with Gasteiger partial charge in [0.05, 0.1) is 10.9 Å². The highest BCUT2D eigenvalue weighted by Crippen LogP contribution is 2.24. The van der Waals surface area contributed by atoms with E-state index in [-0.39, 0.29) is 0 Å². The van der Waals surface area contributed by atoms with Crippen LogP contribution in [0, 0.1) is 0 Å². The van der Waals surface area contributed by atoms with Crippen LogP contribution in [-0.4, -0.2) is 43.3 Å². The van der Waals surface area contributed by atoms with Gasteiger partial charge in [-0.2, -0.15) is 0 Å². The molecule has 1 aliphatic heterocycles. The number of aliphatic hydroxyl groups is 1. The number of sulfonamides is 1. The van der Waals surface area contributed by atoms with Gasteiger partial charge >= 0.3 is 0 Å². The second kappa shape index (κ2) is 5.20. The van der Waals surface area contributed by atoms with Crippen LogP contribution in [0.2, 0.25) is 0 Å². The van der Waals surface area contributed by atoms with E-state index in [1.54, 1.807) is 6.92 Å². The molecule has 1 saturated heterocycles. The Labute approximate surface area is 114 Å². The Bertz CT molecular complexity index is 528. The predicted molar refractivity (Wildman–Crippen MR) is 74.0 cm³/mol. The summed E-state index contributed by atoms with van der Waals surface area (Å²) in [4.78, 5) is 1.95. The summed E-state index contributed by atoms with van der Waals surface area (Å²) in [5.74, 6) is 0. The Morgan fingerprint density at radius 3 is 2.58 bits per heavy atom. The third kappa shape index (κ3) is 3.54. The zero-order chi connectivity index (χ0) is 14.1. The van der Waals surface area contributed by atoms with E-state index >= 15 is 0 Å². The summed E-state index contributed by atoms with van der Waals surface area (Å²) in [6.45, 7) is 3.18. The third-order valence-corrected chi connectivity index (χ3v) is 4.93. The molecular formula is C13H20N2O3S. The molecule has 1 aliphatic rings. The highest BCUT2D eigenvalue weighted by Gasteiger charge is 2.34. The van der Waals surface area contributed by atoms with E-state index in [0.717, 1.165) is 5.56 Å². The predicted octanol–water partition coefficient (Wildman–Crippen LogP) is 0.257. The van der Waals surface area contributed by atoms with E-state index in [0.29, 0.717) is 26.1 Å². The summed E-state index contributed by atoms with van der Waals surface area (Å²) in [6.07, 6.45) is 0.531. The minimum Gasteiger partial charge on any atom is -0.384 e. The number of hydrogen-bond acceptors (Lipinski definition) is 4. The maximum absolute atomic E-state index is 11.3. The third-order valence-electron chi connectivity index (χ3n) is 3.62. The molecule has 106 valence electrons. The number of nitrogens with zero attached hydrogens (tertiary/aromatic N) is 1. The number of benzene rings is 1. The number of rotatable bonds is 4. The van der Waals surface area contributed by atoms with Crippen molar-refractivity contribution in [2.24, 2.45) is 5.14 Å². The van der Waals surface area contributed by atoms with Crippen molar-refractivity contribution in [2.75, 3.05) is 19.6 Å². The maximum Gasteiger partial charge on any atom is 0.213 e. The van der Waals surface area contributed by atoms with Gasteiger partial charge in [-0.1, -0.05) is 30.3 Å². The topological polar surface area (TPSA) is 83.6 Å². The standard InChI is InChI=1S/C13H20N2O3S/c1-13(16,11-5-3-2-4-6-11)10-15-8-7-12(9-15)19(14,17)18/h2-6,12,16H,7-10H2,1H3,(H2,14,17,18). The minimum absolute atomic E-state index is 0.391. The quantitative estimate of drug-likeness (QED) is 0.830. The average molecular weight is 284 g/mol. The molecule has 6 heteroatoms. The Kier molecular flexibility index (Phi) is 3.96. The lowest BCUT2D eigenvalue weighted by Crippen LogP contribution is -2.39. The largest absolute Gasteiger partial charge is 0.384 e. The van der Waals surface area contributed by atoms with Crippen LogP contribution in [0.5, 0.6) is 0 Å². The van der Waals surface area contributed by atoms with Gasteiger partial charge in [0, 0.05) is 13.1 Å². The summed E-state index contributed by atoms with van der Waals surface area (Å²) < 4.78 is 22.6. The molecule has 0 aliphatic carbocycles. The van der Waals surface area contributed by atoms with Crippen molar-refractivity contribution in [1.82, 2.24) is 4.90 Å². The fourth-order valence-corrected chi connectivity index (χ4v) is 3.39. The van der Waals surface area contributed by atoms with Gasteiger partial charge in [0.1, 0.15) is 0 Å². The Hall–Kier alpha value is -0.950. The van der Waals surface area contributed by atoms with E-state index in [9.17, 15) is 13.5 Å². The van der Waals surface area contributed by atoms with Gasteiger partial charge in [-0.05, 0) is 25.5 Å². The molecule has 2 unspecified atom stereocenters. The van der Waals surface area contributed by atoms with Crippen molar-refractivity contribution in [3.63, 3.8) is 0 Å². The molecule has 0 amide bonds. The number of nitrogens with two attached hydrogens (primary N) is 1. The van der Waals surface area contributed by atoms with Crippen LogP contribution < -0.4 is 5.14 Å². The molecule has 2 atom stereocenters. The van der Waals surface area contributed by atoms with Crippen LogP contribution >= 0.6 is 0 Å². The molecule has 1 aromatic rings. The molecule has 3 N–H and O–H groups in total. The minimum atomic E-state index is -3.48. The van der Waals surface area contributed by atoms with Crippen molar-refractivity contribution in [3.05, 3.63) is 35.9 Å². The molecule has 5 nitrogen and oxygen atoms in total. The molecule has 1 aromatic carbocycles. The zero-order valence-corrected chi connectivity index (χ0v) is 11.8. The number of likely N-dealkylation sites (tertiary alicyclic amines) is 1. The fraction of sp³-hybridized carbons (Fsp3) is 0.538. The second-order valence-electron chi connectivity index (χ2n) is 5.37. The number of hydrogen-bond donors (Lipinski definition) is 2. The fourth-order valence-electron chi connectivity index (χ4n) is 2.53.